The summed E-state index contributed by atoms with van der Waals surface area (Å²) in [4.78, 5) is 25.0. The molecule has 0 aliphatic heterocycles. The van der Waals surface area contributed by atoms with E-state index in [0.717, 1.165) is 12.0 Å². The SMILES string of the molecule is CC(C)(C)CC[C@H](N)C(=O)NC(Cc1ccccc1)C(O)C(=O)NC(C)(C)C. The topological polar surface area (TPSA) is 104 Å². The van der Waals surface area contributed by atoms with E-state index in [9.17, 15) is 14.7 Å². The standard InChI is InChI=1S/C22H37N3O3/c1-21(2,3)13-12-16(23)19(27)24-17(14-15-10-8-7-9-11-15)18(26)20(28)25-22(4,5)6/h7-11,16-18,26H,12-14,23H2,1-6H3,(H,24,27)(H,25,28)/t16-,17?,18?/m0/s1. The Morgan fingerprint density at radius 3 is 2.11 bits per heavy atom. The zero-order valence-electron chi connectivity index (χ0n) is 18.1. The van der Waals surface area contributed by atoms with Gasteiger partial charge in [0.05, 0.1) is 12.1 Å². The van der Waals surface area contributed by atoms with Gasteiger partial charge in [0, 0.05) is 5.54 Å². The molecule has 6 nitrogen and oxygen atoms in total. The van der Waals surface area contributed by atoms with Crippen LogP contribution in [-0.4, -0.2) is 40.6 Å². The monoisotopic (exact) mass is 391 g/mol. The lowest BCUT2D eigenvalue weighted by molar-refractivity contribution is -0.133. The van der Waals surface area contributed by atoms with E-state index >= 15 is 0 Å². The van der Waals surface area contributed by atoms with E-state index in [0.29, 0.717) is 12.8 Å². The molecular weight excluding hydrogens is 354 g/mol. The molecule has 0 spiro atoms. The van der Waals surface area contributed by atoms with Crippen LogP contribution in [0.5, 0.6) is 0 Å². The van der Waals surface area contributed by atoms with Crippen LogP contribution in [0, 0.1) is 5.41 Å². The maximum absolute atomic E-state index is 12.6. The van der Waals surface area contributed by atoms with Crippen molar-refractivity contribution in [2.24, 2.45) is 11.1 Å². The quantitative estimate of drug-likeness (QED) is 0.545. The maximum atomic E-state index is 12.6. The van der Waals surface area contributed by atoms with Gasteiger partial charge < -0.3 is 21.5 Å². The summed E-state index contributed by atoms with van der Waals surface area (Å²) >= 11 is 0. The molecule has 1 aromatic rings. The van der Waals surface area contributed by atoms with Crippen LogP contribution in [0.4, 0.5) is 0 Å². The van der Waals surface area contributed by atoms with Crippen LogP contribution in [0.15, 0.2) is 30.3 Å². The summed E-state index contributed by atoms with van der Waals surface area (Å²) in [5.74, 6) is -0.871. The summed E-state index contributed by atoms with van der Waals surface area (Å²) in [6.07, 6.45) is 0.297. The fraction of sp³-hybridized carbons (Fsp3) is 0.636. The zero-order valence-corrected chi connectivity index (χ0v) is 18.1. The number of aliphatic hydroxyl groups excluding tert-OH is 1. The Morgan fingerprint density at radius 2 is 1.61 bits per heavy atom. The van der Waals surface area contributed by atoms with Gasteiger partial charge in [-0.1, -0.05) is 51.1 Å². The first-order chi connectivity index (χ1) is 12.8. The first kappa shape index (κ1) is 24.1. The predicted molar refractivity (Wildman–Crippen MR) is 113 cm³/mol. The van der Waals surface area contributed by atoms with Gasteiger partial charge in [0.15, 0.2) is 6.10 Å². The van der Waals surface area contributed by atoms with Crippen molar-refractivity contribution in [1.82, 2.24) is 10.6 Å². The Morgan fingerprint density at radius 1 is 1.04 bits per heavy atom. The number of amides is 2. The lowest BCUT2D eigenvalue weighted by Gasteiger charge is -2.29. The van der Waals surface area contributed by atoms with Gasteiger partial charge in [-0.15, -0.1) is 0 Å². The summed E-state index contributed by atoms with van der Waals surface area (Å²) in [5.41, 5.74) is 6.56. The van der Waals surface area contributed by atoms with Crippen LogP contribution in [0.25, 0.3) is 0 Å². The van der Waals surface area contributed by atoms with E-state index in [-0.39, 0.29) is 11.3 Å². The van der Waals surface area contributed by atoms with Gasteiger partial charge in [0.2, 0.25) is 5.91 Å². The van der Waals surface area contributed by atoms with Crippen molar-refractivity contribution in [3.8, 4) is 0 Å². The summed E-state index contributed by atoms with van der Waals surface area (Å²) < 4.78 is 0. The first-order valence-corrected chi connectivity index (χ1v) is 9.88. The van der Waals surface area contributed by atoms with Crippen LogP contribution < -0.4 is 16.4 Å². The second-order valence-corrected chi connectivity index (χ2v) is 9.69. The summed E-state index contributed by atoms with van der Waals surface area (Å²) in [5, 5.41) is 16.2. The van der Waals surface area contributed by atoms with Crippen molar-refractivity contribution in [1.29, 1.82) is 0 Å². The van der Waals surface area contributed by atoms with Gasteiger partial charge >= 0.3 is 0 Å². The maximum Gasteiger partial charge on any atom is 0.251 e. The number of hydrogen-bond donors (Lipinski definition) is 4. The minimum Gasteiger partial charge on any atom is -0.381 e. The van der Waals surface area contributed by atoms with E-state index in [2.05, 4.69) is 31.4 Å². The summed E-state index contributed by atoms with van der Waals surface area (Å²) in [6, 6.07) is 7.99. The van der Waals surface area contributed by atoms with E-state index in [1.807, 2.05) is 51.1 Å². The Labute approximate surface area is 169 Å². The highest BCUT2D eigenvalue weighted by Gasteiger charge is 2.31. The van der Waals surface area contributed by atoms with Gasteiger partial charge in [0.1, 0.15) is 0 Å². The van der Waals surface area contributed by atoms with Crippen LogP contribution in [0.3, 0.4) is 0 Å². The molecular formula is C22H37N3O3. The Bertz CT molecular complexity index is 633. The lowest BCUT2D eigenvalue weighted by atomic mass is 9.88. The highest BCUT2D eigenvalue weighted by Crippen LogP contribution is 2.21. The van der Waals surface area contributed by atoms with Gasteiger partial charge in [-0.05, 0) is 51.0 Å². The minimum absolute atomic E-state index is 0.0768. The number of carbonyl (C=O) groups is 2. The Hall–Kier alpha value is -1.92. The highest BCUT2D eigenvalue weighted by atomic mass is 16.3. The first-order valence-electron chi connectivity index (χ1n) is 9.88. The Balaban J connectivity index is 2.88. The van der Waals surface area contributed by atoms with Crippen LogP contribution in [-0.2, 0) is 16.0 Å². The van der Waals surface area contributed by atoms with Crippen molar-refractivity contribution in [2.75, 3.05) is 0 Å². The Kier molecular flexibility index (Phi) is 8.64. The summed E-state index contributed by atoms with van der Waals surface area (Å²) in [6.45, 7) is 11.8. The molecule has 5 N–H and O–H groups in total. The van der Waals surface area contributed by atoms with Crippen LogP contribution >= 0.6 is 0 Å². The molecule has 0 aromatic heterocycles. The third-order valence-corrected chi connectivity index (χ3v) is 4.32. The molecule has 0 fully saturated rings. The van der Waals surface area contributed by atoms with Gasteiger partial charge in [-0.25, -0.2) is 0 Å². The molecule has 0 radical (unpaired) electrons. The molecule has 0 saturated heterocycles. The number of nitrogens with two attached hydrogens (primary N) is 1. The second kappa shape index (κ2) is 10.0. The molecule has 6 heteroatoms. The van der Waals surface area contributed by atoms with Crippen molar-refractivity contribution >= 4 is 11.8 Å². The molecule has 158 valence electrons. The lowest BCUT2D eigenvalue weighted by Crippen LogP contribution is -2.57. The average Bonchev–Trinajstić information content (AvgIpc) is 2.57. The fourth-order valence-electron chi connectivity index (χ4n) is 2.75. The van der Waals surface area contributed by atoms with Crippen LogP contribution in [0.2, 0.25) is 0 Å². The molecule has 1 aromatic carbocycles. The van der Waals surface area contributed by atoms with Crippen LogP contribution in [0.1, 0.15) is 59.9 Å². The molecule has 0 aliphatic rings. The second-order valence-electron chi connectivity index (χ2n) is 9.69. The molecule has 0 aliphatic carbocycles. The van der Waals surface area contributed by atoms with E-state index in [1.54, 1.807) is 0 Å². The number of aliphatic hydroxyl groups is 1. The number of nitrogens with one attached hydrogen (secondary N) is 2. The molecule has 3 atom stereocenters. The van der Waals surface area contributed by atoms with E-state index in [1.165, 1.54) is 0 Å². The van der Waals surface area contributed by atoms with Crippen molar-refractivity contribution < 1.29 is 14.7 Å². The van der Waals surface area contributed by atoms with E-state index in [4.69, 9.17) is 5.73 Å². The highest BCUT2D eigenvalue weighted by molar-refractivity contribution is 5.85. The van der Waals surface area contributed by atoms with Gasteiger partial charge in [0.25, 0.3) is 5.91 Å². The molecule has 2 unspecified atom stereocenters. The normalized spacial score (nSPS) is 15.4. The number of benzene rings is 1. The average molecular weight is 392 g/mol. The molecule has 28 heavy (non-hydrogen) atoms. The number of hydrogen-bond acceptors (Lipinski definition) is 4. The minimum atomic E-state index is -1.38. The number of carbonyl (C=O) groups excluding carboxylic acids is 2. The molecule has 0 bridgehead atoms. The van der Waals surface area contributed by atoms with Gasteiger partial charge in [-0.2, -0.15) is 0 Å². The molecule has 0 saturated carbocycles. The number of rotatable bonds is 8. The van der Waals surface area contributed by atoms with Crippen molar-refractivity contribution in [3.63, 3.8) is 0 Å². The molecule has 1 rings (SSSR count). The predicted octanol–water partition coefficient (Wildman–Crippen LogP) is 2.14. The third-order valence-electron chi connectivity index (χ3n) is 4.32. The molecule has 0 heterocycles. The smallest absolute Gasteiger partial charge is 0.251 e. The summed E-state index contributed by atoms with van der Waals surface area (Å²) in [7, 11) is 0. The van der Waals surface area contributed by atoms with Crippen molar-refractivity contribution in [2.45, 2.75) is 84.5 Å². The fourth-order valence-corrected chi connectivity index (χ4v) is 2.75. The van der Waals surface area contributed by atoms with Gasteiger partial charge in [-0.3, -0.25) is 9.59 Å². The largest absolute Gasteiger partial charge is 0.381 e. The van der Waals surface area contributed by atoms with Crippen molar-refractivity contribution in [3.05, 3.63) is 35.9 Å². The van der Waals surface area contributed by atoms with E-state index < -0.39 is 29.6 Å². The third kappa shape index (κ3) is 9.33. The zero-order chi connectivity index (χ0) is 21.5. The molecule has 2 amide bonds.